The number of benzene rings is 1. The summed E-state index contributed by atoms with van der Waals surface area (Å²) >= 11 is 0. The number of ether oxygens (including phenoxy) is 1. The number of methoxy groups -OCH3 is 1. The molecule has 1 N–H and O–H groups in total. The summed E-state index contributed by atoms with van der Waals surface area (Å²) in [5, 5.41) is 14.4. The van der Waals surface area contributed by atoms with E-state index in [1.165, 1.54) is 26.0 Å². The van der Waals surface area contributed by atoms with Gasteiger partial charge in [-0.2, -0.15) is 0 Å². The SMILES string of the molecule is COc1cc(N(C)CC2CCCCN2)cc([N+](=O)[O-])c1. The molecule has 6 nitrogen and oxygen atoms in total. The maximum atomic E-state index is 11.0. The van der Waals surface area contributed by atoms with Crippen LogP contribution >= 0.6 is 0 Å². The Kier molecular flexibility index (Phi) is 4.79. The molecule has 0 spiro atoms. The Balaban J connectivity index is 2.13. The van der Waals surface area contributed by atoms with Gasteiger partial charge < -0.3 is 15.0 Å². The fourth-order valence-corrected chi connectivity index (χ4v) is 2.53. The third-order valence-electron chi connectivity index (χ3n) is 3.67. The Bertz CT molecular complexity index is 473. The van der Waals surface area contributed by atoms with Crippen molar-refractivity contribution in [2.75, 3.05) is 32.1 Å². The second-order valence-corrected chi connectivity index (χ2v) is 5.17. The van der Waals surface area contributed by atoms with Crippen LogP contribution in [0.2, 0.25) is 0 Å². The van der Waals surface area contributed by atoms with Crippen molar-refractivity contribution in [2.24, 2.45) is 0 Å². The summed E-state index contributed by atoms with van der Waals surface area (Å²) in [5.41, 5.74) is 0.867. The molecular weight excluding hydrogens is 258 g/mol. The Labute approximate surface area is 118 Å². The van der Waals surface area contributed by atoms with Crippen LogP contribution in [0.3, 0.4) is 0 Å². The molecule has 1 saturated heterocycles. The van der Waals surface area contributed by atoms with E-state index in [0.717, 1.165) is 25.2 Å². The maximum Gasteiger partial charge on any atom is 0.275 e. The molecule has 0 aromatic heterocycles. The highest BCUT2D eigenvalue weighted by molar-refractivity contribution is 5.57. The average Bonchev–Trinajstić information content (AvgIpc) is 2.47. The monoisotopic (exact) mass is 279 g/mol. The van der Waals surface area contributed by atoms with Gasteiger partial charge in [0.2, 0.25) is 0 Å². The molecule has 1 heterocycles. The van der Waals surface area contributed by atoms with Gasteiger partial charge in [-0.25, -0.2) is 0 Å². The lowest BCUT2D eigenvalue weighted by Gasteiger charge is -2.29. The van der Waals surface area contributed by atoms with Crippen LogP contribution in [0.1, 0.15) is 19.3 Å². The zero-order valence-corrected chi connectivity index (χ0v) is 12.0. The van der Waals surface area contributed by atoms with Crippen LogP contribution in [0, 0.1) is 10.1 Å². The lowest BCUT2D eigenvalue weighted by Crippen LogP contribution is -2.42. The van der Waals surface area contributed by atoms with Crippen LogP contribution in [0.5, 0.6) is 5.75 Å². The van der Waals surface area contributed by atoms with Gasteiger partial charge in [0.25, 0.3) is 5.69 Å². The van der Waals surface area contributed by atoms with E-state index in [1.54, 1.807) is 6.07 Å². The standard InChI is InChI=1S/C14H21N3O3/c1-16(10-11-5-3-4-6-15-11)12-7-13(17(18)19)9-14(8-12)20-2/h7-9,11,15H,3-6,10H2,1-2H3. The van der Waals surface area contributed by atoms with Gasteiger partial charge in [0.15, 0.2) is 0 Å². The summed E-state index contributed by atoms with van der Waals surface area (Å²) in [5.74, 6) is 0.512. The summed E-state index contributed by atoms with van der Waals surface area (Å²) < 4.78 is 5.14. The van der Waals surface area contributed by atoms with Gasteiger partial charge in [-0.15, -0.1) is 0 Å². The number of piperidine rings is 1. The van der Waals surface area contributed by atoms with Gasteiger partial charge in [0, 0.05) is 37.5 Å². The molecule has 0 aliphatic carbocycles. The number of nitro benzene ring substituents is 1. The molecule has 0 bridgehead atoms. The van der Waals surface area contributed by atoms with Crippen molar-refractivity contribution in [3.8, 4) is 5.75 Å². The predicted molar refractivity (Wildman–Crippen MR) is 78.6 cm³/mol. The van der Waals surface area contributed by atoms with E-state index in [1.807, 2.05) is 18.0 Å². The molecule has 0 radical (unpaired) electrons. The third kappa shape index (κ3) is 3.60. The molecular formula is C14H21N3O3. The van der Waals surface area contributed by atoms with E-state index in [4.69, 9.17) is 4.74 Å². The van der Waals surface area contributed by atoms with Crippen molar-refractivity contribution in [1.82, 2.24) is 5.32 Å². The molecule has 1 aliphatic heterocycles. The van der Waals surface area contributed by atoms with Crippen LogP contribution in [0.4, 0.5) is 11.4 Å². The van der Waals surface area contributed by atoms with Gasteiger partial charge in [-0.05, 0) is 19.4 Å². The first kappa shape index (κ1) is 14.6. The summed E-state index contributed by atoms with van der Waals surface area (Å²) in [6.45, 7) is 1.89. The molecule has 1 aromatic rings. The zero-order chi connectivity index (χ0) is 14.5. The Morgan fingerprint density at radius 2 is 2.25 bits per heavy atom. The molecule has 1 fully saturated rings. The van der Waals surface area contributed by atoms with Crippen molar-refractivity contribution in [1.29, 1.82) is 0 Å². The second kappa shape index (κ2) is 6.56. The fraction of sp³-hybridized carbons (Fsp3) is 0.571. The summed E-state index contributed by atoms with van der Waals surface area (Å²) in [7, 11) is 3.47. The summed E-state index contributed by atoms with van der Waals surface area (Å²) in [6, 6.07) is 5.30. The normalized spacial score (nSPS) is 18.6. The summed E-state index contributed by atoms with van der Waals surface area (Å²) in [6.07, 6.45) is 3.62. The Hall–Kier alpha value is -1.82. The number of hydrogen-bond acceptors (Lipinski definition) is 5. The minimum Gasteiger partial charge on any atom is -0.496 e. The molecule has 0 saturated carbocycles. The highest BCUT2D eigenvalue weighted by atomic mass is 16.6. The highest BCUT2D eigenvalue weighted by Crippen LogP contribution is 2.28. The number of nitro groups is 1. The average molecular weight is 279 g/mol. The quantitative estimate of drug-likeness (QED) is 0.661. The van der Waals surface area contributed by atoms with Gasteiger partial charge >= 0.3 is 0 Å². The van der Waals surface area contributed by atoms with Crippen LogP contribution < -0.4 is 15.0 Å². The van der Waals surface area contributed by atoms with Gasteiger partial charge in [0.05, 0.1) is 18.1 Å². The van der Waals surface area contributed by atoms with Crippen LogP contribution in [-0.4, -0.2) is 38.2 Å². The molecule has 6 heteroatoms. The molecule has 1 unspecified atom stereocenters. The Morgan fingerprint density at radius 3 is 2.85 bits per heavy atom. The number of rotatable bonds is 5. The first-order chi connectivity index (χ1) is 9.60. The third-order valence-corrected chi connectivity index (χ3v) is 3.67. The molecule has 1 aromatic carbocycles. The van der Waals surface area contributed by atoms with Crippen molar-refractivity contribution in [2.45, 2.75) is 25.3 Å². The van der Waals surface area contributed by atoms with Gasteiger partial charge in [0.1, 0.15) is 5.75 Å². The first-order valence-electron chi connectivity index (χ1n) is 6.88. The highest BCUT2D eigenvalue weighted by Gasteiger charge is 2.17. The first-order valence-corrected chi connectivity index (χ1v) is 6.88. The number of nitrogens with zero attached hydrogens (tertiary/aromatic N) is 2. The van der Waals surface area contributed by atoms with Crippen LogP contribution in [-0.2, 0) is 0 Å². The number of hydrogen-bond donors (Lipinski definition) is 1. The van der Waals surface area contributed by atoms with Crippen molar-refractivity contribution >= 4 is 11.4 Å². The minimum atomic E-state index is -0.390. The molecule has 2 rings (SSSR count). The Morgan fingerprint density at radius 1 is 1.45 bits per heavy atom. The van der Waals surface area contributed by atoms with E-state index >= 15 is 0 Å². The van der Waals surface area contributed by atoms with E-state index < -0.39 is 4.92 Å². The number of nitrogens with one attached hydrogen (secondary N) is 1. The van der Waals surface area contributed by atoms with E-state index in [-0.39, 0.29) is 5.69 Å². The van der Waals surface area contributed by atoms with E-state index in [0.29, 0.717) is 11.8 Å². The topological polar surface area (TPSA) is 67.6 Å². The van der Waals surface area contributed by atoms with Crippen LogP contribution in [0.25, 0.3) is 0 Å². The van der Waals surface area contributed by atoms with Gasteiger partial charge in [-0.3, -0.25) is 10.1 Å². The minimum absolute atomic E-state index is 0.0582. The van der Waals surface area contributed by atoms with Crippen molar-refractivity contribution in [3.63, 3.8) is 0 Å². The lowest BCUT2D eigenvalue weighted by molar-refractivity contribution is -0.384. The molecule has 1 aliphatic rings. The van der Waals surface area contributed by atoms with Crippen molar-refractivity contribution in [3.05, 3.63) is 28.3 Å². The van der Waals surface area contributed by atoms with Crippen molar-refractivity contribution < 1.29 is 9.66 Å². The summed E-state index contributed by atoms with van der Waals surface area (Å²) in [4.78, 5) is 12.6. The molecule has 20 heavy (non-hydrogen) atoms. The number of non-ortho nitro benzene ring substituents is 1. The molecule has 110 valence electrons. The molecule has 1 atom stereocenters. The predicted octanol–water partition coefficient (Wildman–Crippen LogP) is 2.18. The largest absolute Gasteiger partial charge is 0.496 e. The van der Waals surface area contributed by atoms with E-state index in [2.05, 4.69) is 5.32 Å². The van der Waals surface area contributed by atoms with E-state index in [9.17, 15) is 10.1 Å². The zero-order valence-electron chi connectivity index (χ0n) is 12.0. The van der Waals surface area contributed by atoms with Gasteiger partial charge in [-0.1, -0.05) is 6.42 Å². The lowest BCUT2D eigenvalue weighted by atomic mass is 10.0. The smallest absolute Gasteiger partial charge is 0.275 e. The number of likely N-dealkylation sites (N-methyl/N-ethyl adjacent to an activating group) is 1. The maximum absolute atomic E-state index is 11.0. The molecule has 0 amide bonds. The number of anilines is 1. The second-order valence-electron chi connectivity index (χ2n) is 5.17. The van der Waals surface area contributed by atoms with Crippen LogP contribution in [0.15, 0.2) is 18.2 Å². The fourth-order valence-electron chi connectivity index (χ4n) is 2.53.